The first kappa shape index (κ1) is 30.7. The Bertz CT molecular complexity index is 901. The number of benzene rings is 1. The average Bonchev–Trinajstić information content (AvgIpc) is 2.90. The van der Waals surface area contributed by atoms with E-state index in [0.717, 1.165) is 15.7 Å². The fourth-order valence-corrected chi connectivity index (χ4v) is 3.33. The van der Waals surface area contributed by atoms with Crippen LogP contribution in [0.4, 0.5) is 20.1 Å². The van der Waals surface area contributed by atoms with Gasteiger partial charge in [-0.25, -0.2) is 14.4 Å². The minimum Gasteiger partial charge on any atom is -0.443 e. The highest BCUT2D eigenvalue weighted by atomic mass is 79.9. The van der Waals surface area contributed by atoms with Gasteiger partial charge in [-0.05, 0) is 80.0 Å². The van der Waals surface area contributed by atoms with E-state index in [1.165, 1.54) is 0 Å². The van der Waals surface area contributed by atoms with Gasteiger partial charge in [0, 0.05) is 16.4 Å². The number of hydrogen-bond acceptors (Lipinski definition) is 8. The molecule has 1 unspecified atom stereocenters. The van der Waals surface area contributed by atoms with E-state index in [1.807, 2.05) is 45.9 Å². The molecule has 0 aliphatic carbocycles. The number of fused-ring (bicyclic) bond motifs is 1. The molecule has 1 aromatic carbocycles. The SMILES string of the molecule is CC(C)(C)OC(=O)N1CC(C)(CO)c2ccc(Br)cc21.CC(C)(C)OC(=O)OC(=O)OC(C)(C)C. The molecule has 1 heterocycles. The van der Waals surface area contributed by atoms with Crippen LogP contribution in [-0.4, -0.2) is 53.5 Å². The van der Waals surface area contributed by atoms with Gasteiger partial charge < -0.3 is 24.1 Å². The summed E-state index contributed by atoms with van der Waals surface area (Å²) >= 11 is 3.42. The number of aliphatic hydroxyl groups excluding tert-OH is 1. The summed E-state index contributed by atoms with van der Waals surface area (Å²) in [5.41, 5.74) is -0.619. The van der Waals surface area contributed by atoms with Crippen molar-refractivity contribution in [1.82, 2.24) is 0 Å². The first-order valence-corrected chi connectivity index (χ1v) is 12.0. The zero-order valence-corrected chi connectivity index (χ0v) is 23.9. The number of rotatable bonds is 1. The van der Waals surface area contributed by atoms with Crippen molar-refractivity contribution in [3.63, 3.8) is 0 Å². The number of nitrogens with zero attached hydrogens (tertiary/aromatic N) is 1. The monoisotopic (exact) mass is 559 g/mol. The van der Waals surface area contributed by atoms with E-state index in [0.29, 0.717) is 6.54 Å². The van der Waals surface area contributed by atoms with E-state index in [1.54, 1.807) is 46.4 Å². The van der Waals surface area contributed by atoms with Crippen LogP contribution in [0.5, 0.6) is 0 Å². The molecule has 1 aliphatic rings. The molecule has 0 saturated heterocycles. The van der Waals surface area contributed by atoms with Crippen molar-refractivity contribution in [3.8, 4) is 0 Å². The summed E-state index contributed by atoms with van der Waals surface area (Å²) in [6.45, 7) is 17.9. The molecule has 198 valence electrons. The third kappa shape index (κ3) is 10.4. The summed E-state index contributed by atoms with van der Waals surface area (Å²) in [7, 11) is 0. The van der Waals surface area contributed by atoms with E-state index in [4.69, 9.17) is 14.2 Å². The highest BCUT2D eigenvalue weighted by molar-refractivity contribution is 9.10. The Kier molecular flexibility index (Phi) is 9.79. The molecule has 1 amide bonds. The quantitative estimate of drug-likeness (QED) is 0.241. The van der Waals surface area contributed by atoms with Crippen molar-refractivity contribution in [2.24, 2.45) is 0 Å². The minimum absolute atomic E-state index is 0.0130. The van der Waals surface area contributed by atoms with E-state index < -0.39 is 34.5 Å². The summed E-state index contributed by atoms with van der Waals surface area (Å²) < 4.78 is 20.1. The number of hydrogen-bond donors (Lipinski definition) is 1. The lowest BCUT2D eigenvalue weighted by atomic mass is 9.86. The maximum Gasteiger partial charge on any atom is 0.519 e. The predicted molar refractivity (Wildman–Crippen MR) is 136 cm³/mol. The molecule has 2 rings (SSSR count). The zero-order chi connectivity index (χ0) is 27.4. The lowest BCUT2D eigenvalue weighted by Gasteiger charge is -2.26. The van der Waals surface area contributed by atoms with Gasteiger partial charge in [0.1, 0.15) is 16.8 Å². The Labute approximate surface area is 216 Å². The number of halogens is 1. The first-order chi connectivity index (χ1) is 15.7. The Morgan fingerprint density at radius 3 is 1.77 bits per heavy atom. The second-order valence-electron chi connectivity index (χ2n) is 11.5. The summed E-state index contributed by atoms with van der Waals surface area (Å²) in [5.74, 6) is 0. The number of amides is 1. The van der Waals surface area contributed by atoms with Crippen LogP contribution in [0.25, 0.3) is 0 Å². The molecule has 1 aliphatic heterocycles. The molecule has 0 radical (unpaired) electrons. The number of carbonyl (C=O) groups is 3. The largest absolute Gasteiger partial charge is 0.519 e. The highest BCUT2D eigenvalue weighted by Gasteiger charge is 2.42. The molecular formula is C25H38BrNO8. The predicted octanol–water partition coefficient (Wildman–Crippen LogP) is 6.33. The van der Waals surface area contributed by atoms with Crippen LogP contribution in [-0.2, 0) is 24.4 Å². The molecule has 0 fully saturated rings. The fourth-order valence-electron chi connectivity index (χ4n) is 2.98. The van der Waals surface area contributed by atoms with Crippen LogP contribution in [0.15, 0.2) is 22.7 Å². The van der Waals surface area contributed by atoms with Gasteiger partial charge in [-0.15, -0.1) is 0 Å². The lowest BCUT2D eigenvalue weighted by Crippen LogP contribution is -2.40. The maximum atomic E-state index is 12.3. The van der Waals surface area contributed by atoms with Crippen LogP contribution in [0, 0.1) is 0 Å². The van der Waals surface area contributed by atoms with Crippen molar-refractivity contribution in [2.45, 2.75) is 91.5 Å². The summed E-state index contributed by atoms with van der Waals surface area (Å²) in [5, 5.41) is 9.68. The normalized spacial score (nSPS) is 17.5. The van der Waals surface area contributed by atoms with E-state index >= 15 is 0 Å². The lowest BCUT2D eigenvalue weighted by molar-refractivity contribution is -0.0294. The second-order valence-corrected chi connectivity index (χ2v) is 12.4. The molecule has 0 aromatic heterocycles. The van der Waals surface area contributed by atoms with Crippen molar-refractivity contribution in [2.75, 3.05) is 18.1 Å². The van der Waals surface area contributed by atoms with Crippen LogP contribution in [0.2, 0.25) is 0 Å². The summed E-state index contributed by atoms with van der Waals surface area (Å²) in [6.07, 6.45) is -2.50. The molecule has 1 aromatic rings. The number of aliphatic hydroxyl groups is 1. The number of ether oxygens (including phenoxy) is 4. The van der Waals surface area contributed by atoms with E-state index in [-0.39, 0.29) is 12.7 Å². The molecule has 35 heavy (non-hydrogen) atoms. The van der Waals surface area contributed by atoms with Gasteiger partial charge in [0.05, 0.1) is 12.3 Å². The van der Waals surface area contributed by atoms with Crippen molar-refractivity contribution in [3.05, 3.63) is 28.2 Å². The molecule has 0 spiro atoms. The Morgan fingerprint density at radius 2 is 1.37 bits per heavy atom. The first-order valence-electron chi connectivity index (χ1n) is 11.2. The van der Waals surface area contributed by atoms with Crippen LogP contribution in [0.1, 0.15) is 74.8 Å². The van der Waals surface area contributed by atoms with Gasteiger partial charge in [0.25, 0.3) is 0 Å². The van der Waals surface area contributed by atoms with Crippen molar-refractivity contribution in [1.29, 1.82) is 0 Å². The molecule has 10 heteroatoms. The van der Waals surface area contributed by atoms with Gasteiger partial charge >= 0.3 is 18.4 Å². The Balaban J connectivity index is 0.000000367. The Morgan fingerprint density at radius 1 is 0.914 bits per heavy atom. The second kappa shape index (κ2) is 11.2. The van der Waals surface area contributed by atoms with Crippen molar-refractivity contribution >= 4 is 40.0 Å². The van der Waals surface area contributed by atoms with Crippen molar-refractivity contribution < 1.29 is 38.4 Å². The number of carbonyl (C=O) groups excluding carboxylic acids is 3. The smallest absolute Gasteiger partial charge is 0.443 e. The van der Waals surface area contributed by atoms with Crippen LogP contribution < -0.4 is 4.90 Å². The average molecular weight is 560 g/mol. The summed E-state index contributed by atoms with van der Waals surface area (Å²) in [6, 6.07) is 5.76. The van der Waals surface area contributed by atoms with Crippen LogP contribution in [0.3, 0.4) is 0 Å². The zero-order valence-electron chi connectivity index (χ0n) is 22.3. The minimum atomic E-state index is -1.06. The molecule has 0 bridgehead atoms. The van der Waals surface area contributed by atoms with Gasteiger partial charge in [0.2, 0.25) is 0 Å². The van der Waals surface area contributed by atoms with Gasteiger partial charge in [0.15, 0.2) is 0 Å². The molecule has 9 nitrogen and oxygen atoms in total. The fraction of sp³-hybridized carbons (Fsp3) is 0.640. The van der Waals surface area contributed by atoms with E-state index in [2.05, 4.69) is 20.7 Å². The van der Waals surface area contributed by atoms with E-state index in [9.17, 15) is 19.5 Å². The standard InChI is InChI=1S/C15H20BrNO3.C10H18O5/c1-14(2,3)20-13(19)17-8-15(4,9-18)11-6-5-10(16)7-12(11)17;1-9(2,3)14-7(11)13-8(12)15-10(4,5)6/h5-7,18H,8-9H2,1-4H3;1-6H3. The molecule has 1 N–H and O–H groups in total. The Hall–Kier alpha value is -2.33. The van der Waals surface area contributed by atoms with Gasteiger partial charge in [-0.2, -0.15) is 0 Å². The molecule has 0 saturated carbocycles. The highest BCUT2D eigenvalue weighted by Crippen LogP contribution is 2.42. The van der Waals surface area contributed by atoms with Crippen LogP contribution >= 0.6 is 15.9 Å². The topological polar surface area (TPSA) is 112 Å². The molecule has 1 atom stereocenters. The van der Waals surface area contributed by atoms with Gasteiger partial charge in [-0.1, -0.05) is 28.9 Å². The maximum absolute atomic E-state index is 12.3. The molecular weight excluding hydrogens is 522 g/mol. The summed E-state index contributed by atoms with van der Waals surface area (Å²) in [4.78, 5) is 36.0. The third-order valence-corrected chi connectivity index (χ3v) is 4.81. The number of anilines is 1. The third-order valence-electron chi connectivity index (χ3n) is 4.32. The van der Waals surface area contributed by atoms with Gasteiger partial charge in [-0.3, -0.25) is 4.90 Å².